The highest BCUT2D eigenvalue weighted by Crippen LogP contribution is 2.31. The summed E-state index contributed by atoms with van der Waals surface area (Å²) in [6.07, 6.45) is 1.16. The molecule has 0 radical (unpaired) electrons. The molecule has 2 N–H and O–H groups in total. The lowest BCUT2D eigenvalue weighted by atomic mass is 10.1. The molecule has 2 rings (SSSR count). The number of hydrogen-bond donors (Lipinski definition) is 2. The van der Waals surface area contributed by atoms with Gasteiger partial charge in [-0.25, -0.2) is 0 Å². The first-order chi connectivity index (χ1) is 14.0. The lowest BCUT2D eigenvalue weighted by Gasteiger charge is -2.30. The molecule has 1 aliphatic heterocycles. The highest BCUT2D eigenvalue weighted by Gasteiger charge is 2.24. The quantitative estimate of drug-likeness (QED) is 0.464. The highest BCUT2D eigenvalue weighted by atomic mass is 16.5. The number of nitrogens with one attached hydrogen (secondary N) is 2. The molecule has 0 spiro atoms. The van der Waals surface area contributed by atoms with Crippen LogP contribution >= 0.6 is 0 Å². The minimum absolute atomic E-state index is 0.552. The molecular formula is C23H41N5O. The average molecular weight is 404 g/mol. The Balaban J connectivity index is 1.87. The summed E-state index contributed by atoms with van der Waals surface area (Å²) < 4.78 is 5.53. The minimum atomic E-state index is 0.552. The fourth-order valence-electron chi connectivity index (χ4n) is 4.07. The number of nitrogens with zero attached hydrogens (tertiary/aromatic N) is 3. The Morgan fingerprint density at radius 2 is 1.93 bits per heavy atom. The van der Waals surface area contributed by atoms with Gasteiger partial charge in [0.2, 0.25) is 0 Å². The third-order valence-corrected chi connectivity index (χ3v) is 5.55. The van der Waals surface area contributed by atoms with Crippen LogP contribution in [-0.2, 0) is 0 Å². The molecule has 0 aliphatic carbocycles. The summed E-state index contributed by atoms with van der Waals surface area (Å²) >= 11 is 0. The molecule has 1 heterocycles. The number of methoxy groups -OCH3 is 1. The Hall–Kier alpha value is -1.95. The fourth-order valence-corrected chi connectivity index (χ4v) is 4.07. The largest absolute Gasteiger partial charge is 0.495 e. The van der Waals surface area contributed by atoms with Gasteiger partial charge in [0, 0.05) is 51.4 Å². The van der Waals surface area contributed by atoms with Gasteiger partial charge in [-0.15, -0.1) is 0 Å². The predicted molar refractivity (Wildman–Crippen MR) is 124 cm³/mol. The van der Waals surface area contributed by atoms with Crippen LogP contribution in [0.4, 0.5) is 5.69 Å². The number of hydrogen-bond acceptors (Lipinski definition) is 4. The van der Waals surface area contributed by atoms with E-state index in [1.54, 1.807) is 7.11 Å². The molecule has 6 nitrogen and oxygen atoms in total. The smallest absolute Gasteiger partial charge is 0.191 e. The van der Waals surface area contributed by atoms with Crippen molar-refractivity contribution in [2.75, 3.05) is 51.3 Å². The first-order valence-corrected chi connectivity index (χ1v) is 11.1. The molecule has 6 heteroatoms. The van der Waals surface area contributed by atoms with Gasteiger partial charge in [0.05, 0.1) is 12.8 Å². The highest BCUT2D eigenvalue weighted by molar-refractivity contribution is 5.79. The Morgan fingerprint density at radius 1 is 1.21 bits per heavy atom. The van der Waals surface area contributed by atoms with Gasteiger partial charge in [-0.3, -0.25) is 9.89 Å². The summed E-state index contributed by atoms with van der Waals surface area (Å²) in [6, 6.07) is 9.38. The van der Waals surface area contributed by atoms with Crippen molar-refractivity contribution >= 4 is 11.6 Å². The fraction of sp³-hybridized carbons (Fsp3) is 0.696. The molecule has 29 heavy (non-hydrogen) atoms. The van der Waals surface area contributed by atoms with E-state index >= 15 is 0 Å². The molecule has 1 fully saturated rings. The summed E-state index contributed by atoms with van der Waals surface area (Å²) in [6.45, 7) is 16.9. The number of anilines is 1. The molecule has 164 valence electrons. The molecular weight excluding hydrogens is 362 g/mol. The summed E-state index contributed by atoms with van der Waals surface area (Å²) in [4.78, 5) is 9.79. The second-order valence-electron chi connectivity index (χ2n) is 8.34. The maximum Gasteiger partial charge on any atom is 0.191 e. The average Bonchev–Trinajstić information content (AvgIpc) is 3.17. The first kappa shape index (κ1) is 23.3. The SMILES string of the molecule is CCNC(=NCC1CCN(c2ccccc2OC)C1)NCCN(C(C)C)C(C)C. The van der Waals surface area contributed by atoms with Gasteiger partial charge in [0.25, 0.3) is 0 Å². The molecule has 1 unspecified atom stereocenters. The number of benzene rings is 1. The Labute approximate surface area is 177 Å². The summed E-state index contributed by atoms with van der Waals surface area (Å²) in [7, 11) is 1.74. The van der Waals surface area contributed by atoms with Crippen molar-refractivity contribution in [2.45, 2.75) is 53.1 Å². The van der Waals surface area contributed by atoms with E-state index in [1.807, 2.05) is 12.1 Å². The molecule has 1 saturated heterocycles. The van der Waals surface area contributed by atoms with E-state index in [0.29, 0.717) is 18.0 Å². The second-order valence-corrected chi connectivity index (χ2v) is 8.34. The van der Waals surface area contributed by atoms with Gasteiger partial charge in [0.15, 0.2) is 5.96 Å². The third-order valence-electron chi connectivity index (χ3n) is 5.55. The monoisotopic (exact) mass is 403 g/mol. The van der Waals surface area contributed by atoms with Crippen molar-refractivity contribution in [1.29, 1.82) is 0 Å². The van der Waals surface area contributed by atoms with E-state index in [-0.39, 0.29) is 0 Å². The van der Waals surface area contributed by atoms with Gasteiger partial charge >= 0.3 is 0 Å². The minimum Gasteiger partial charge on any atom is -0.495 e. The van der Waals surface area contributed by atoms with Gasteiger partial charge in [-0.1, -0.05) is 12.1 Å². The predicted octanol–water partition coefficient (Wildman–Crippen LogP) is 3.20. The molecule has 1 aromatic carbocycles. The van der Waals surface area contributed by atoms with Crippen LogP contribution < -0.4 is 20.3 Å². The Morgan fingerprint density at radius 3 is 2.59 bits per heavy atom. The van der Waals surface area contributed by atoms with Crippen LogP contribution in [0.1, 0.15) is 41.0 Å². The van der Waals surface area contributed by atoms with Crippen LogP contribution in [0.2, 0.25) is 0 Å². The van der Waals surface area contributed by atoms with Crippen LogP contribution in [0.5, 0.6) is 5.75 Å². The number of aliphatic imine (C=N–C) groups is 1. The van der Waals surface area contributed by atoms with Crippen LogP contribution in [0.15, 0.2) is 29.3 Å². The van der Waals surface area contributed by atoms with Gasteiger partial charge in [-0.05, 0) is 59.1 Å². The van der Waals surface area contributed by atoms with E-state index in [9.17, 15) is 0 Å². The Bertz CT molecular complexity index is 623. The number of para-hydroxylation sites is 2. The second kappa shape index (κ2) is 11.9. The summed E-state index contributed by atoms with van der Waals surface area (Å²) in [5, 5.41) is 6.90. The van der Waals surface area contributed by atoms with Crippen LogP contribution in [0.25, 0.3) is 0 Å². The van der Waals surface area contributed by atoms with Crippen LogP contribution in [-0.4, -0.2) is 69.3 Å². The van der Waals surface area contributed by atoms with E-state index in [2.05, 4.69) is 67.2 Å². The van der Waals surface area contributed by atoms with Gasteiger partial charge in [-0.2, -0.15) is 0 Å². The van der Waals surface area contributed by atoms with E-state index in [1.165, 1.54) is 5.69 Å². The molecule has 0 bridgehead atoms. The summed E-state index contributed by atoms with van der Waals surface area (Å²) in [5.74, 6) is 2.44. The zero-order chi connectivity index (χ0) is 21.2. The van der Waals surface area contributed by atoms with Crippen molar-refractivity contribution in [3.05, 3.63) is 24.3 Å². The maximum atomic E-state index is 5.53. The lowest BCUT2D eigenvalue weighted by Crippen LogP contribution is -2.45. The topological polar surface area (TPSA) is 52.1 Å². The molecule has 1 aromatic rings. The van der Waals surface area contributed by atoms with Crippen molar-refractivity contribution in [3.63, 3.8) is 0 Å². The van der Waals surface area contributed by atoms with Crippen LogP contribution in [0.3, 0.4) is 0 Å². The van der Waals surface area contributed by atoms with E-state index in [0.717, 1.165) is 57.4 Å². The molecule has 0 amide bonds. The van der Waals surface area contributed by atoms with E-state index < -0.39 is 0 Å². The normalized spacial score (nSPS) is 17.5. The summed E-state index contributed by atoms with van der Waals surface area (Å²) in [5.41, 5.74) is 1.19. The molecule has 0 aromatic heterocycles. The zero-order valence-electron chi connectivity index (χ0n) is 19.2. The van der Waals surface area contributed by atoms with Crippen molar-refractivity contribution < 1.29 is 4.74 Å². The number of guanidine groups is 1. The maximum absolute atomic E-state index is 5.53. The van der Waals surface area contributed by atoms with Crippen molar-refractivity contribution in [1.82, 2.24) is 15.5 Å². The molecule has 0 saturated carbocycles. The lowest BCUT2D eigenvalue weighted by molar-refractivity contribution is 0.178. The standard InChI is InChI=1S/C23H41N5O/c1-7-24-23(25-13-15-28(18(2)3)19(4)5)26-16-20-12-14-27(17-20)21-10-8-9-11-22(21)29-6/h8-11,18-20H,7,12-17H2,1-6H3,(H2,24,25,26). The molecule has 1 atom stereocenters. The third kappa shape index (κ3) is 7.11. The van der Waals surface area contributed by atoms with Gasteiger partial charge < -0.3 is 20.3 Å². The Kier molecular flexibility index (Phi) is 9.58. The zero-order valence-corrected chi connectivity index (χ0v) is 19.2. The molecule has 1 aliphatic rings. The number of ether oxygens (including phenoxy) is 1. The van der Waals surface area contributed by atoms with Crippen molar-refractivity contribution in [3.8, 4) is 5.75 Å². The van der Waals surface area contributed by atoms with Crippen molar-refractivity contribution in [2.24, 2.45) is 10.9 Å². The number of rotatable bonds is 10. The van der Waals surface area contributed by atoms with Crippen LogP contribution in [0, 0.1) is 5.92 Å². The van der Waals surface area contributed by atoms with Gasteiger partial charge in [0.1, 0.15) is 5.75 Å². The first-order valence-electron chi connectivity index (χ1n) is 11.1. The van der Waals surface area contributed by atoms with E-state index in [4.69, 9.17) is 9.73 Å².